The van der Waals surface area contributed by atoms with Gasteiger partial charge in [-0.3, -0.25) is 5.32 Å². The average molecular weight is 1050 g/mol. The van der Waals surface area contributed by atoms with Crippen LogP contribution in [0.3, 0.4) is 0 Å². The molecule has 0 aromatic carbocycles. The van der Waals surface area contributed by atoms with Crippen LogP contribution < -0.4 is 5.32 Å². The third-order valence-corrected chi connectivity index (χ3v) is 20.0. The summed E-state index contributed by atoms with van der Waals surface area (Å²) in [6, 6.07) is 0. The molecule has 3 saturated carbocycles. The van der Waals surface area contributed by atoms with Crippen LogP contribution in [0.15, 0.2) is 11.6 Å². The van der Waals surface area contributed by atoms with E-state index in [1.54, 1.807) is 0 Å². The summed E-state index contributed by atoms with van der Waals surface area (Å²) in [5, 5.41) is 134. The topological polar surface area (TPSA) is 338 Å². The number of rotatable bonds is 11. The van der Waals surface area contributed by atoms with Gasteiger partial charge in [-0.2, -0.15) is 0 Å². The summed E-state index contributed by atoms with van der Waals surface area (Å²) >= 11 is 0. The van der Waals surface area contributed by atoms with E-state index in [0.717, 1.165) is 45.1 Å². The van der Waals surface area contributed by atoms with Gasteiger partial charge in [0.05, 0.1) is 38.1 Å². The van der Waals surface area contributed by atoms with Crippen LogP contribution in [0, 0.1) is 46.3 Å². The Hall–Kier alpha value is -1.14. The zero-order chi connectivity index (χ0) is 52.2. The first-order chi connectivity index (χ1) is 34.7. The van der Waals surface area contributed by atoms with Gasteiger partial charge in [-0.05, 0) is 105 Å². The van der Waals surface area contributed by atoms with Gasteiger partial charge in [-0.15, -0.1) is 0 Å². The highest BCUT2D eigenvalue weighted by molar-refractivity contribution is 5.27. The second-order valence-corrected chi connectivity index (χ2v) is 24.0. The molecule has 0 aromatic rings. The predicted molar refractivity (Wildman–Crippen MR) is 249 cm³/mol. The summed E-state index contributed by atoms with van der Waals surface area (Å²) in [7, 11) is 0. The second kappa shape index (κ2) is 21.2. The predicted octanol–water partition coefficient (Wildman–Crippen LogP) is -2.39. The highest BCUT2D eigenvalue weighted by Crippen LogP contribution is 2.70. The normalized spacial score (nSPS) is 57.1. The highest BCUT2D eigenvalue weighted by atomic mass is 16.8. The van der Waals surface area contributed by atoms with Crippen molar-refractivity contribution < 1.29 is 104 Å². The van der Waals surface area contributed by atoms with Crippen molar-refractivity contribution in [2.45, 2.75) is 233 Å². The molecule has 0 amide bonds. The highest BCUT2D eigenvalue weighted by Gasteiger charge is 2.68. The largest absolute Gasteiger partial charge is 0.394 e. The molecule has 0 bridgehead atoms. The number of aliphatic hydroxyl groups excluding tert-OH is 12. The van der Waals surface area contributed by atoms with E-state index in [1.165, 1.54) is 18.9 Å². The summed E-state index contributed by atoms with van der Waals surface area (Å²) in [5.74, 6) is 3.06. The minimum Gasteiger partial charge on any atom is -0.394 e. The first-order valence-corrected chi connectivity index (χ1v) is 27.0. The summed E-state index contributed by atoms with van der Waals surface area (Å²) < 4.78 is 56.3. The summed E-state index contributed by atoms with van der Waals surface area (Å²) in [6.45, 7) is 9.66. The van der Waals surface area contributed by atoms with E-state index < -0.39 is 149 Å². The molecular formula is C51H83NO21. The molecule has 0 aromatic heterocycles. The average Bonchev–Trinajstić information content (AvgIpc) is 3.82. The van der Waals surface area contributed by atoms with Crippen LogP contribution >= 0.6 is 0 Å². The van der Waals surface area contributed by atoms with E-state index >= 15 is 0 Å². The fourth-order valence-corrected chi connectivity index (χ4v) is 15.7. The van der Waals surface area contributed by atoms with Gasteiger partial charge < -0.3 is 104 Å². The van der Waals surface area contributed by atoms with Crippen LogP contribution in [0.1, 0.15) is 92.4 Å². The Morgan fingerprint density at radius 1 is 0.589 bits per heavy atom. The molecule has 1 spiro atoms. The number of piperidine rings is 1. The van der Waals surface area contributed by atoms with E-state index in [9.17, 15) is 61.3 Å². The molecule has 9 fully saturated rings. The minimum atomic E-state index is -1.97. The van der Waals surface area contributed by atoms with Crippen LogP contribution in [0.5, 0.6) is 0 Å². The first-order valence-electron chi connectivity index (χ1n) is 27.0. The maximum Gasteiger partial charge on any atom is 0.187 e. The lowest BCUT2D eigenvalue weighted by Gasteiger charge is -2.59. The van der Waals surface area contributed by atoms with Crippen molar-refractivity contribution in [1.29, 1.82) is 0 Å². The van der Waals surface area contributed by atoms with E-state index in [4.69, 9.17) is 42.6 Å². The SMILES string of the molecule is C[C@@H]1CC[C@@]2(NC1)O[C@H]1C[C@H]3[C@@H]4CC=C5C[C@@H](O[C@@H]6O[C@H](CO)[C@H](O)[C@H](O[C@@H]7O[C@H](CO)[C@@H](O)[C@H](O)[C@H]7O[C@@H]7O[C@H](CO)[C@@H](O)[C@H](O)[C@H]7O)[C@H]6O[C@@H]6O[C@@H](C)[C@H](O)[C@@H](O)[C@H]6O)CC[C@]5(C)[C@H]4CC[C@]3(C)[C@H]1[C@@H]2C. The van der Waals surface area contributed by atoms with Crippen molar-refractivity contribution in [3.05, 3.63) is 11.6 Å². The number of ether oxygens (including phenoxy) is 9. The van der Waals surface area contributed by atoms with Crippen LogP contribution in [-0.2, 0) is 42.6 Å². The number of aliphatic hydroxyl groups is 12. The zero-order valence-electron chi connectivity index (χ0n) is 42.5. The van der Waals surface area contributed by atoms with Crippen LogP contribution in [0.25, 0.3) is 0 Å². The maximum atomic E-state index is 12.0. The van der Waals surface area contributed by atoms with Crippen molar-refractivity contribution in [1.82, 2.24) is 5.32 Å². The molecule has 418 valence electrons. The fourth-order valence-electron chi connectivity index (χ4n) is 15.7. The van der Waals surface area contributed by atoms with Crippen molar-refractivity contribution in [2.75, 3.05) is 26.4 Å². The molecule has 13 N–H and O–H groups in total. The Balaban J connectivity index is 0.902. The molecule has 6 aliphatic heterocycles. The molecule has 22 nitrogen and oxygen atoms in total. The van der Waals surface area contributed by atoms with Crippen molar-refractivity contribution >= 4 is 0 Å². The monoisotopic (exact) mass is 1050 g/mol. The molecule has 10 aliphatic rings. The molecular weight excluding hydrogens is 963 g/mol. The van der Waals surface area contributed by atoms with Gasteiger partial charge >= 0.3 is 0 Å². The number of hydrogen-bond donors (Lipinski definition) is 13. The lowest BCUT2D eigenvalue weighted by molar-refractivity contribution is -0.406. The first kappa shape index (κ1) is 55.2. The van der Waals surface area contributed by atoms with E-state index in [0.29, 0.717) is 48.3 Å². The lowest BCUT2D eigenvalue weighted by Crippen LogP contribution is -2.68. The number of hydrogen-bond acceptors (Lipinski definition) is 22. The molecule has 10 rings (SSSR count). The van der Waals surface area contributed by atoms with Crippen LogP contribution in [-0.4, -0.2) is 228 Å². The molecule has 31 atom stereocenters. The van der Waals surface area contributed by atoms with E-state index in [2.05, 4.69) is 39.1 Å². The summed E-state index contributed by atoms with van der Waals surface area (Å²) in [4.78, 5) is 0. The summed E-state index contributed by atoms with van der Waals surface area (Å²) in [5.41, 5.74) is 1.11. The van der Waals surface area contributed by atoms with Gasteiger partial charge in [0.1, 0.15) is 97.3 Å². The quantitative estimate of drug-likeness (QED) is 0.0961. The third-order valence-electron chi connectivity index (χ3n) is 20.0. The summed E-state index contributed by atoms with van der Waals surface area (Å²) in [6.07, 6.45) is -23.4. The van der Waals surface area contributed by atoms with Gasteiger partial charge in [-0.25, -0.2) is 0 Å². The van der Waals surface area contributed by atoms with E-state index in [-0.39, 0.29) is 22.7 Å². The zero-order valence-corrected chi connectivity index (χ0v) is 42.5. The van der Waals surface area contributed by atoms with Gasteiger partial charge in [0, 0.05) is 12.5 Å². The second-order valence-electron chi connectivity index (χ2n) is 24.0. The fraction of sp³-hybridized carbons (Fsp3) is 0.961. The van der Waals surface area contributed by atoms with Crippen LogP contribution in [0.4, 0.5) is 0 Å². The molecule has 0 radical (unpaired) electrons. The smallest absolute Gasteiger partial charge is 0.187 e. The molecule has 22 heteroatoms. The lowest BCUT2D eigenvalue weighted by atomic mass is 9.47. The standard InChI is InChI=1S/C51H83NO21/c1-20-8-13-51(52-16-20)21(2)32-28(73-51)15-27-25-7-6-23-14-24(9-11-49(23,4)26(25)10-12-50(27,32)5)66-48-44(72-45-40(63)37(60)33(56)22(3)65-45)42(36(59)31(19-55)69-48)70-47-43(39(62)35(58)30(18-54)68-47)71-46-41(64)38(61)34(57)29(17-53)67-46/h6,20-22,24-48,52-64H,7-19H2,1-5H3/t20-,21+,22+,24+,25-,26+,27+,28+,29-,30-,31-,32+,33+,34-,35-,36+,37-,38+,39+,40-,41-,42+,43-,44-,45+,46+,47+,48-,49+,50+,51-/m1/s1. The Labute approximate surface area is 425 Å². The van der Waals surface area contributed by atoms with Crippen molar-refractivity contribution in [2.24, 2.45) is 46.3 Å². The molecule has 0 unspecified atom stereocenters. The molecule has 6 heterocycles. The van der Waals surface area contributed by atoms with E-state index in [1.807, 2.05) is 0 Å². The Bertz CT molecular complexity index is 1930. The molecule has 6 saturated heterocycles. The van der Waals surface area contributed by atoms with Gasteiger partial charge in [0.2, 0.25) is 0 Å². The molecule has 73 heavy (non-hydrogen) atoms. The van der Waals surface area contributed by atoms with Crippen LogP contribution in [0.2, 0.25) is 0 Å². The number of nitrogens with one attached hydrogen (secondary N) is 1. The Morgan fingerprint density at radius 3 is 1.84 bits per heavy atom. The van der Waals surface area contributed by atoms with Crippen molar-refractivity contribution in [3.63, 3.8) is 0 Å². The minimum absolute atomic E-state index is 0.106. The molecule has 4 aliphatic carbocycles. The Kier molecular flexibility index (Phi) is 16.0. The van der Waals surface area contributed by atoms with Gasteiger partial charge in [-0.1, -0.05) is 39.3 Å². The van der Waals surface area contributed by atoms with Crippen molar-refractivity contribution in [3.8, 4) is 0 Å². The number of fused-ring (bicyclic) bond motifs is 7. The maximum absolute atomic E-state index is 12.0. The third kappa shape index (κ3) is 9.42. The number of allylic oxidation sites excluding steroid dienone is 1. The van der Waals surface area contributed by atoms with Gasteiger partial charge in [0.25, 0.3) is 0 Å². The van der Waals surface area contributed by atoms with Gasteiger partial charge in [0.15, 0.2) is 25.2 Å². The Morgan fingerprint density at radius 2 is 1.18 bits per heavy atom.